The molecule has 0 spiro atoms. The van der Waals surface area contributed by atoms with Crippen LogP contribution in [-0.4, -0.2) is 19.2 Å². The molecular weight excluding hydrogens is 222 g/mol. The van der Waals surface area contributed by atoms with Crippen molar-refractivity contribution in [3.05, 3.63) is 42.0 Å². The van der Waals surface area contributed by atoms with Crippen molar-refractivity contribution in [2.45, 2.75) is 38.6 Å². The minimum Gasteiger partial charge on any atom is -0.493 e. The van der Waals surface area contributed by atoms with E-state index in [4.69, 9.17) is 4.74 Å². The Kier molecular flexibility index (Phi) is 4.82. The number of ether oxygens (including phenoxy) is 1. The molecule has 1 atom stereocenters. The fourth-order valence-corrected chi connectivity index (χ4v) is 2.53. The SMILES string of the molecule is C=CCC(CCc1ccc2c(c1)CCO2)NCC. The van der Waals surface area contributed by atoms with Gasteiger partial charge in [-0.15, -0.1) is 6.58 Å². The van der Waals surface area contributed by atoms with Gasteiger partial charge < -0.3 is 10.1 Å². The zero-order chi connectivity index (χ0) is 12.8. The second-order valence-corrected chi connectivity index (χ2v) is 4.86. The topological polar surface area (TPSA) is 21.3 Å². The molecule has 0 amide bonds. The number of nitrogens with one attached hydrogen (secondary N) is 1. The molecule has 0 aromatic heterocycles. The van der Waals surface area contributed by atoms with Gasteiger partial charge in [0.25, 0.3) is 0 Å². The Morgan fingerprint density at radius 1 is 1.50 bits per heavy atom. The molecule has 1 heterocycles. The van der Waals surface area contributed by atoms with Gasteiger partial charge >= 0.3 is 0 Å². The van der Waals surface area contributed by atoms with Gasteiger partial charge in [-0.25, -0.2) is 0 Å². The molecule has 1 aliphatic rings. The van der Waals surface area contributed by atoms with Gasteiger partial charge in [-0.1, -0.05) is 25.1 Å². The van der Waals surface area contributed by atoms with E-state index in [2.05, 4.69) is 37.0 Å². The summed E-state index contributed by atoms with van der Waals surface area (Å²) in [5.74, 6) is 1.08. The average Bonchev–Trinajstić information content (AvgIpc) is 2.84. The van der Waals surface area contributed by atoms with Crippen molar-refractivity contribution in [3.63, 3.8) is 0 Å². The summed E-state index contributed by atoms with van der Waals surface area (Å²) in [6.07, 6.45) is 6.40. The molecule has 0 bridgehead atoms. The van der Waals surface area contributed by atoms with Crippen LogP contribution in [0.5, 0.6) is 5.75 Å². The van der Waals surface area contributed by atoms with Gasteiger partial charge in [0.15, 0.2) is 0 Å². The Morgan fingerprint density at radius 3 is 3.17 bits per heavy atom. The first-order valence-corrected chi connectivity index (χ1v) is 6.92. The number of hydrogen-bond acceptors (Lipinski definition) is 2. The minimum absolute atomic E-state index is 0.553. The molecule has 2 rings (SSSR count). The zero-order valence-electron chi connectivity index (χ0n) is 11.2. The highest BCUT2D eigenvalue weighted by Crippen LogP contribution is 2.26. The second kappa shape index (κ2) is 6.60. The van der Waals surface area contributed by atoms with Crippen LogP contribution in [0.25, 0.3) is 0 Å². The third-order valence-electron chi connectivity index (χ3n) is 3.48. The fraction of sp³-hybridized carbons (Fsp3) is 0.500. The molecule has 1 N–H and O–H groups in total. The smallest absolute Gasteiger partial charge is 0.122 e. The van der Waals surface area contributed by atoms with E-state index in [1.807, 2.05) is 6.08 Å². The number of rotatable bonds is 7. The maximum atomic E-state index is 5.53. The normalized spacial score (nSPS) is 14.9. The lowest BCUT2D eigenvalue weighted by atomic mass is 10.0. The van der Waals surface area contributed by atoms with Crippen LogP contribution in [0.1, 0.15) is 30.9 Å². The minimum atomic E-state index is 0.553. The van der Waals surface area contributed by atoms with Crippen LogP contribution in [0.15, 0.2) is 30.9 Å². The zero-order valence-corrected chi connectivity index (χ0v) is 11.2. The lowest BCUT2D eigenvalue weighted by Crippen LogP contribution is -2.28. The molecule has 2 nitrogen and oxygen atoms in total. The molecule has 1 aliphatic heterocycles. The van der Waals surface area contributed by atoms with Crippen molar-refractivity contribution in [1.29, 1.82) is 0 Å². The largest absolute Gasteiger partial charge is 0.493 e. The van der Waals surface area contributed by atoms with Crippen molar-refractivity contribution in [2.24, 2.45) is 0 Å². The van der Waals surface area contributed by atoms with Gasteiger partial charge in [-0.2, -0.15) is 0 Å². The third-order valence-corrected chi connectivity index (χ3v) is 3.48. The van der Waals surface area contributed by atoms with E-state index in [1.54, 1.807) is 0 Å². The van der Waals surface area contributed by atoms with E-state index < -0.39 is 0 Å². The monoisotopic (exact) mass is 245 g/mol. The van der Waals surface area contributed by atoms with Gasteiger partial charge in [0, 0.05) is 12.5 Å². The molecule has 0 saturated carbocycles. The second-order valence-electron chi connectivity index (χ2n) is 4.86. The van der Waals surface area contributed by atoms with Gasteiger partial charge in [0.2, 0.25) is 0 Å². The molecule has 2 heteroatoms. The highest BCUT2D eigenvalue weighted by Gasteiger charge is 2.12. The number of aryl methyl sites for hydroxylation is 1. The third kappa shape index (κ3) is 3.36. The maximum Gasteiger partial charge on any atom is 0.122 e. The van der Waals surface area contributed by atoms with E-state index in [0.29, 0.717) is 6.04 Å². The Morgan fingerprint density at radius 2 is 2.39 bits per heavy atom. The molecule has 1 aromatic carbocycles. The van der Waals surface area contributed by atoms with Crippen molar-refractivity contribution in [3.8, 4) is 5.75 Å². The van der Waals surface area contributed by atoms with Crippen LogP contribution in [0, 0.1) is 0 Å². The number of benzene rings is 1. The predicted molar refractivity (Wildman–Crippen MR) is 76.2 cm³/mol. The van der Waals surface area contributed by atoms with Gasteiger partial charge in [-0.05, 0) is 43.0 Å². The van der Waals surface area contributed by atoms with Crippen LogP contribution in [0.4, 0.5) is 0 Å². The Hall–Kier alpha value is -1.28. The lowest BCUT2D eigenvalue weighted by molar-refractivity contribution is 0.357. The van der Waals surface area contributed by atoms with E-state index >= 15 is 0 Å². The first kappa shape index (κ1) is 13.2. The predicted octanol–water partition coefficient (Wildman–Crippen LogP) is 3.11. The summed E-state index contributed by atoms with van der Waals surface area (Å²) >= 11 is 0. The van der Waals surface area contributed by atoms with E-state index in [-0.39, 0.29) is 0 Å². The highest BCUT2D eigenvalue weighted by atomic mass is 16.5. The van der Waals surface area contributed by atoms with Crippen LogP contribution in [-0.2, 0) is 12.8 Å². The van der Waals surface area contributed by atoms with Crippen LogP contribution < -0.4 is 10.1 Å². The standard InChI is InChI=1S/C16H23NO/c1-3-5-15(17-4-2)8-6-13-7-9-16-14(12-13)10-11-18-16/h3,7,9,12,15,17H,1,4-6,8,10-11H2,2H3. The Labute approximate surface area is 110 Å². The molecular formula is C16H23NO. The molecule has 18 heavy (non-hydrogen) atoms. The molecule has 98 valence electrons. The van der Waals surface area contributed by atoms with Gasteiger partial charge in [0.05, 0.1) is 6.61 Å². The molecule has 1 aromatic rings. The molecule has 1 unspecified atom stereocenters. The van der Waals surface area contributed by atoms with E-state index in [9.17, 15) is 0 Å². The van der Waals surface area contributed by atoms with Crippen molar-refractivity contribution < 1.29 is 4.74 Å². The molecule has 0 radical (unpaired) electrons. The Bertz CT molecular complexity index is 400. The first-order chi connectivity index (χ1) is 8.83. The van der Waals surface area contributed by atoms with Crippen LogP contribution in [0.3, 0.4) is 0 Å². The number of fused-ring (bicyclic) bond motifs is 1. The van der Waals surface area contributed by atoms with E-state index in [0.717, 1.165) is 38.2 Å². The molecule has 0 fully saturated rings. The van der Waals surface area contributed by atoms with Gasteiger partial charge in [-0.3, -0.25) is 0 Å². The summed E-state index contributed by atoms with van der Waals surface area (Å²) in [6.45, 7) is 7.85. The van der Waals surface area contributed by atoms with Crippen molar-refractivity contribution in [2.75, 3.05) is 13.2 Å². The molecule has 0 aliphatic carbocycles. The summed E-state index contributed by atoms with van der Waals surface area (Å²) in [6, 6.07) is 7.17. The van der Waals surface area contributed by atoms with Crippen LogP contribution in [0.2, 0.25) is 0 Å². The maximum absolute atomic E-state index is 5.53. The quantitative estimate of drug-likeness (QED) is 0.745. The summed E-state index contributed by atoms with van der Waals surface area (Å²) in [5, 5.41) is 3.51. The summed E-state index contributed by atoms with van der Waals surface area (Å²) in [5.41, 5.74) is 2.79. The highest BCUT2D eigenvalue weighted by molar-refractivity contribution is 5.39. The van der Waals surface area contributed by atoms with Gasteiger partial charge in [0.1, 0.15) is 5.75 Å². The molecule has 0 saturated heterocycles. The summed E-state index contributed by atoms with van der Waals surface area (Å²) in [7, 11) is 0. The van der Waals surface area contributed by atoms with Crippen molar-refractivity contribution in [1.82, 2.24) is 5.32 Å². The summed E-state index contributed by atoms with van der Waals surface area (Å²) < 4.78 is 5.53. The first-order valence-electron chi connectivity index (χ1n) is 6.92. The van der Waals surface area contributed by atoms with Crippen LogP contribution >= 0.6 is 0 Å². The summed E-state index contributed by atoms with van der Waals surface area (Å²) in [4.78, 5) is 0. The fourth-order valence-electron chi connectivity index (χ4n) is 2.53. The lowest BCUT2D eigenvalue weighted by Gasteiger charge is -2.16. The van der Waals surface area contributed by atoms with Crippen molar-refractivity contribution >= 4 is 0 Å². The number of hydrogen-bond donors (Lipinski definition) is 1. The Balaban J connectivity index is 1.90. The average molecular weight is 245 g/mol. The van der Waals surface area contributed by atoms with E-state index in [1.165, 1.54) is 17.5 Å².